The number of ether oxygens (including phenoxy) is 1. The quantitative estimate of drug-likeness (QED) is 0.875. The molecule has 0 bridgehead atoms. The molecule has 1 fully saturated rings. The Kier molecular flexibility index (Phi) is 3.48. The van der Waals surface area contributed by atoms with Gasteiger partial charge >= 0.3 is 0 Å². The fourth-order valence-corrected chi connectivity index (χ4v) is 2.69. The van der Waals surface area contributed by atoms with Crippen LogP contribution in [0.3, 0.4) is 0 Å². The molecule has 1 aromatic rings. The largest absolute Gasteiger partial charge is 0.381 e. The molecule has 0 aliphatic carbocycles. The smallest absolute Gasteiger partial charge is 0.246 e. The van der Waals surface area contributed by atoms with Crippen molar-refractivity contribution in [3.05, 3.63) is 29.6 Å². The summed E-state index contributed by atoms with van der Waals surface area (Å²) >= 11 is 0. The molecule has 19 heavy (non-hydrogen) atoms. The highest BCUT2D eigenvalue weighted by molar-refractivity contribution is 6.02. The monoisotopic (exact) mass is 264 g/mol. The number of halogens is 1. The van der Waals surface area contributed by atoms with Crippen LogP contribution in [0.15, 0.2) is 18.2 Å². The van der Waals surface area contributed by atoms with Gasteiger partial charge in [-0.05, 0) is 37.0 Å². The van der Waals surface area contributed by atoms with E-state index in [2.05, 4.69) is 10.6 Å². The average molecular weight is 264 g/mol. The fourth-order valence-electron chi connectivity index (χ4n) is 2.69. The van der Waals surface area contributed by atoms with Crippen molar-refractivity contribution in [1.82, 2.24) is 5.32 Å². The molecule has 2 aliphatic heterocycles. The maximum Gasteiger partial charge on any atom is 0.246 e. The lowest BCUT2D eigenvalue weighted by Gasteiger charge is -2.23. The third-order valence-electron chi connectivity index (χ3n) is 3.71. The Morgan fingerprint density at radius 3 is 3.16 bits per heavy atom. The van der Waals surface area contributed by atoms with Crippen molar-refractivity contribution in [3.8, 4) is 0 Å². The molecule has 2 heterocycles. The number of rotatable bonds is 3. The number of nitrogens with one attached hydrogen (secondary N) is 2. The van der Waals surface area contributed by atoms with Crippen molar-refractivity contribution < 1.29 is 13.9 Å². The zero-order chi connectivity index (χ0) is 13.2. The SMILES string of the molecule is O=C1Nc2ccc(F)cc2C1NCC1CCCOC1. The van der Waals surface area contributed by atoms with E-state index in [9.17, 15) is 9.18 Å². The lowest BCUT2D eigenvalue weighted by Crippen LogP contribution is -2.34. The number of fused-ring (bicyclic) bond motifs is 1. The predicted octanol–water partition coefficient (Wildman–Crippen LogP) is 1.84. The number of benzene rings is 1. The van der Waals surface area contributed by atoms with Crippen molar-refractivity contribution in [2.45, 2.75) is 18.9 Å². The van der Waals surface area contributed by atoms with Crippen LogP contribution in [0, 0.1) is 11.7 Å². The summed E-state index contributed by atoms with van der Waals surface area (Å²) in [4.78, 5) is 11.9. The highest BCUT2D eigenvalue weighted by Crippen LogP contribution is 2.31. The molecule has 2 aliphatic rings. The minimum absolute atomic E-state index is 0.114. The number of carbonyl (C=O) groups excluding carboxylic acids is 1. The van der Waals surface area contributed by atoms with Crippen LogP contribution in [0.5, 0.6) is 0 Å². The minimum atomic E-state index is -0.451. The van der Waals surface area contributed by atoms with Gasteiger partial charge in [0.25, 0.3) is 0 Å². The summed E-state index contributed by atoms with van der Waals surface area (Å²) in [5.74, 6) is -0.000429. The van der Waals surface area contributed by atoms with Crippen molar-refractivity contribution in [2.75, 3.05) is 25.1 Å². The third-order valence-corrected chi connectivity index (χ3v) is 3.71. The maximum atomic E-state index is 13.3. The lowest BCUT2D eigenvalue weighted by molar-refractivity contribution is -0.117. The predicted molar refractivity (Wildman–Crippen MR) is 69.3 cm³/mol. The summed E-state index contributed by atoms with van der Waals surface area (Å²) < 4.78 is 18.7. The van der Waals surface area contributed by atoms with Gasteiger partial charge in [0, 0.05) is 24.4 Å². The molecule has 0 spiro atoms. The van der Waals surface area contributed by atoms with Crippen molar-refractivity contribution in [1.29, 1.82) is 0 Å². The minimum Gasteiger partial charge on any atom is -0.381 e. The van der Waals surface area contributed by atoms with Crippen LogP contribution in [0.2, 0.25) is 0 Å². The van der Waals surface area contributed by atoms with Gasteiger partial charge in [0.05, 0.1) is 6.61 Å². The first-order valence-corrected chi connectivity index (χ1v) is 6.65. The van der Waals surface area contributed by atoms with Crippen LogP contribution in [-0.2, 0) is 9.53 Å². The molecule has 102 valence electrons. The molecule has 2 unspecified atom stereocenters. The Morgan fingerprint density at radius 2 is 2.37 bits per heavy atom. The molecule has 1 saturated heterocycles. The fraction of sp³-hybridized carbons (Fsp3) is 0.500. The lowest BCUT2D eigenvalue weighted by atomic mass is 10.0. The Balaban J connectivity index is 1.67. The number of hydrogen-bond donors (Lipinski definition) is 2. The number of hydrogen-bond acceptors (Lipinski definition) is 3. The van der Waals surface area contributed by atoms with Gasteiger partial charge in [0.2, 0.25) is 5.91 Å². The second-order valence-electron chi connectivity index (χ2n) is 5.15. The van der Waals surface area contributed by atoms with E-state index in [1.54, 1.807) is 6.07 Å². The van der Waals surface area contributed by atoms with E-state index in [0.29, 0.717) is 23.7 Å². The van der Waals surface area contributed by atoms with Gasteiger partial charge in [-0.1, -0.05) is 0 Å². The van der Waals surface area contributed by atoms with Gasteiger partial charge in [0.15, 0.2) is 0 Å². The third kappa shape index (κ3) is 2.62. The molecule has 0 radical (unpaired) electrons. The van der Waals surface area contributed by atoms with Gasteiger partial charge in [-0.15, -0.1) is 0 Å². The van der Waals surface area contributed by atoms with Crippen molar-refractivity contribution >= 4 is 11.6 Å². The van der Waals surface area contributed by atoms with Gasteiger partial charge in [-0.25, -0.2) is 4.39 Å². The van der Waals surface area contributed by atoms with Crippen LogP contribution in [0.4, 0.5) is 10.1 Å². The number of carbonyl (C=O) groups is 1. The Hall–Kier alpha value is -1.46. The van der Waals surface area contributed by atoms with Crippen LogP contribution < -0.4 is 10.6 Å². The molecule has 4 nitrogen and oxygen atoms in total. The Bertz CT molecular complexity index is 486. The van der Waals surface area contributed by atoms with Crippen LogP contribution in [0.1, 0.15) is 24.4 Å². The standard InChI is InChI=1S/C14H17FN2O2/c15-10-3-4-12-11(6-10)13(14(18)17-12)16-7-9-2-1-5-19-8-9/h3-4,6,9,13,16H,1-2,5,7-8H2,(H,17,18). The summed E-state index contributed by atoms with van der Waals surface area (Å²) in [5, 5.41) is 5.99. The zero-order valence-electron chi connectivity index (χ0n) is 10.6. The summed E-state index contributed by atoms with van der Waals surface area (Å²) in [6.45, 7) is 2.28. The Morgan fingerprint density at radius 1 is 1.47 bits per heavy atom. The summed E-state index contributed by atoms with van der Waals surface area (Å²) in [6.07, 6.45) is 2.17. The van der Waals surface area contributed by atoms with Crippen LogP contribution in [0.25, 0.3) is 0 Å². The molecular weight excluding hydrogens is 247 g/mol. The average Bonchev–Trinajstić information content (AvgIpc) is 2.73. The maximum absolute atomic E-state index is 13.3. The van der Waals surface area contributed by atoms with Crippen LogP contribution >= 0.6 is 0 Å². The summed E-state index contributed by atoms with van der Waals surface area (Å²) in [7, 11) is 0. The van der Waals surface area contributed by atoms with Gasteiger partial charge < -0.3 is 15.4 Å². The molecule has 0 saturated carbocycles. The van der Waals surface area contributed by atoms with E-state index in [0.717, 1.165) is 26.1 Å². The molecule has 2 atom stereocenters. The normalized spacial score (nSPS) is 26.1. The van der Waals surface area contributed by atoms with Gasteiger partial charge in [-0.3, -0.25) is 4.79 Å². The molecule has 5 heteroatoms. The first kappa shape index (κ1) is 12.6. The highest BCUT2D eigenvalue weighted by Gasteiger charge is 2.31. The first-order valence-electron chi connectivity index (χ1n) is 6.65. The molecule has 2 N–H and O–H groups in total. The molecule has 3 rings (SSSR count). The van der Waals surface area contributed by atoms with E-state index in [4.69, 9.17) is 4.74 Å². The van der Waals surface area contributed by atoms with Crippen molar-refractivity contribution in [3.63, 3.8) is 0 Å². The first-order chi connectivity index (χ1) is 9.24. The highest BCUT2D eigenvalue weighted by atomic mass is 19.1. The topological polar surface area (TPSA) is 50.4 Å². The van der Waals surface area contributed by atoms with Crippen LogP contribution in [-0.4, -0.2) is 25.7 Å². The molecule has 1 aromatic carbocycles. The Labute approximate surface area is 111 Å². The summed E-state index contributed by atoms with van der Waals surface area (Å²) in [5.41, 5.74) is 1.39. The van der Waals surface area contributed by atoms with Gasteiger partial charge in [-0.2, -0.15) is 0 Å². The van der Waals surface area contributed by atoms with E-state index in [1.165, 1.54) is 12.1 Å². The van der Waals surface area contributed by atoms with Crippen molar-refractivity contribution in [2.24, 2.45) is 5.92 Å². The van der Waals surface area contributed by atoms with E-state index in [1.807, 2.05) is 0 Å². The van der Waals surface area contributed by atoms with E-state index < -0.39 is 6.04 Å². The molecular formula is C14H17FN2O2. The second kappa shape index (κ2) is 5.27. The number of amides is 1. The molecule has 0 aromatic heterocycles. The van der Waals surface area contributed by atoms with Gasteiger partial charge in [0.1, 0.15) is 11.9 Å². The van der Waals surface area contributed by atoms with E-state index >= 15 is 0 Å². The zero-order valence-corrected chi connectivity index (χ0v) is 10.6. The molecule has 1 amide bonds. The summed E-state index contributed by atoms with van der Waals surface area (Å²) in [6, 6.07) is 3.93. The van der Waals surface area contributed by atoms with E-state index in [-0.39, 0.29) is 11.7 Å². The second-order valence-corrected chi connectivity index (χ2v) is 5.15. The number of anilines is 1.